The highest BCUT2D eigenvalue weighted by Gasteiger charge is 2.10. The Morgan fingerprint density at radius 2 is 2.10 bits per heavy atom. The van der Waals surface area contributed by atoms with Crippen LogP contribution in [0.15, 0.2) is 12.3 Å². The maximum absolute atomic E-state index is 11.9. The van der Waals surface area contributed by atoms with E-state index in [4.69, 9.17) is 0 Å². The largest absolute Gasteiger partial charge is 0.356 e. The van der Waals surface area contributed by atoms with Gasteiger partial charge < -0.3 is 10.6 Å². The van der Waals surface area contributed by atoms with E-state index in [0.29, 0.717) is 13.0 Å². The Morgan fingerprint density at radius 1 is 1.33 bits per heavy atom. The number of hydrogen-bond acceptors (Lipinski definition) is 3. The summed E-state index contributed by atoms with van der Waals surface area (Å²) in [6.07, 6.45) is 5.81. The van der Waals surface area contributed by atoms with Crippen LogP contribution in [0.25, 0.3) is 0 Å². The minimum absolute atomic E-state index is 0.00829. The molecule has 0 spiro atoms. The van der Waals surface area contributed by atoms with E-state index in [1.165, 1.54) is 6.92 Å². The molecule has 6 heteroatoms. The van der Waals surface area contributed by atoms with Crippen LogP contribution in [0.1, 0.15) is 58.9 Å². The number of unbranched alkanes of at least 4 members (excludes halogenated alkanes) is 2. The summed E-state index contributed by atoms with van der Waals surface area (Å²) in [7, 11) is 0. The van der Waals surface area contributed by atoms with E-state index in [1.807, 2.05) is 10.7 Å². The van der Waals surface area contributed by atoms with Crippen LogP contribution in [-0.4, -0.2) is 28.1 Å². The lowest BCUT2D eigenvalue weighted by Crippen LogP contribution is -2.21. The van der Waals surface area contributed by atoms with Gasteiger partial charge in [0.15, 0.2) is 0 Å². The third kappa shape index (κ3) is 6.42. The van der Waals surface area contributed by atoms with Crippen LogP contribution in [0.5, 0.6) is 0 Å². The predicted octanol–water partition coefficient (Wildman–Crippen LogP) is 2.49. The van der Waals surface area contributed by atoms with Crippen molar-refractivity contribution in [3.63, 3.8) is 0 Å². The van der Waals surface area contributed by atoms with E-state index in [9.17, 15) is 9.59 Å². The molecule has 2 amide bonds. The van der Waals surface area contributed by atoms with Gasteiger partial charge in [0.05, 0.1) is 12.2 Å². The number of nitrogens with one attached hydrogen (secondary N) is 2. The fraction of sp³-hybridized carbons (Fsp3) is 0.667. The van der Waals surface area contributed by atoms with Crippen LogP contribution in [-0.2, 0) is 9.59 Å². The normalized spacial score (nSPS) is 12.0. The Morgan fingerprint density at radius 3 is 2.76 bits per heavy atom. The SMILES string of the molecule is CCC(C)n1nccc1NC(=O)CCCCCNC(C)=O. The molecule has 0 bridgehead atoms. The van der Waals surface area contributed by atoms with Crippen LogP contribution < -0.4 is 10.6 Å². The summed E-state index contributed by atoms with van der Waals surface area (Å²) in [6.45, 7) is 6.35. The molecule has 0 aromatic carbocycles. The van der Waals surface area contributed by atoms with Crippen molar-refractivity contribution in [1.82, 2.24) is 15.1 Å². The molecule has 0 saturated heterocycles. The van der Waals surface area contributed by atoms with Crippen molar-refractivity contribution < 1.29 is 9.59 Å². The van der Waals surface area contributed by atoms with Gasteiger partial charge in [0.1, 0.15) is 5.82 Å². The minimum atomic E-state index is -0.00829. The zero-order valence-corrected chi connectivity index (χ0v) is 13.2. The van der Waals surface area contributed by atoms with E-state index in [0.717, 1.165) is 31.5 Å². The standard InChI is InChI=1S/C15H26N4O2/c1-4-12(2)19-14(9-11-17-19)18-15(21)8-6-5-7-10-16-13(3)20/h9,11-12H,4-8,10H2,1-3H3,(H,16,20)(H,18,21). The van der Waals surface area contributed by atoms with E-state index in [1.54, 1.807) is 6.20 Å². The molecule has 0 aliphatic rings. The third-order valence-corrected chi connectivity index (χ3v) is 3.40. The fourth-order valence-electron chi connectivity index (χ4n) is 1.99. The molecular weight excluding hydrogens is 268 g/mol. The lowest BCUT2D eigenvalue weighted by atomic mass is 10.2. The molecule has 0 aliphatic heterocycles. The number of hydrogen-bond donors (Lipinski definition) is 2. The smallest absolute Gasteiger partial charge is 0.225 e. The monoisotopic (exact) mass is 294 g/mol. The first-order valence-corrected chi connectivity index (χ1v) is 7.62. The summed E-state index contributed by atoms with van der Waals surface area (Å²) in [5.41, 5.74) is 0. The molecule has 21 heavy (non-hydrogen) atoms. The Hall–Kier alpha value is -1.85. The van der Waals surface area contributed by atoms with Gasteiger partial charge in [-0.05, 0) is 26.2 Å². The van der Waals surface area contributed by atoms with Gasteiger partial charge in [0.2, 0.25) is 11.8 Å². The van der Waals surface area contributed by atoms with E-state index < -0.39 is 0 Å². The van der Waals surface area contributed by atoms with Crippen molar-refractivity contribution >= 4 is 17.6 Å². The summed E-state index contributed by atoms with van der Waals surface area (Å²) in [5.74, 6) is 0.762. The van der Waals surface area contributed by atoms with Crippen LogP contribution in [0.3, 0.4) is 0 Å². The molecule has 0 saturated carbocycles. The zero-order valence-electron chi connectivity index (χ0n) is 13.2. The molecule has 118 valence electrons. The number of rotatable bonds is 9. The quantitative estimate of drug-likeness (QED) is 0.687. The van der Waals surface area contributed by atoms with Crippen LogP contribution >= 0.6 is 0 Å². The molecule has 6 nitrogen and oxygen atoms in total. The third-order valence-electron chi connectivity index (χ3n) is 3.40. The van der Waals surface area contributed by atoms with E-state index in [-0.39, 0.29) is 17.9 Å². The van der Waals surface area contributed by atoms with Crippen molar-refractivity contribution in [1.29, 1.82) is 0 Å². The number of nitrogens with zero attached hydrogens (tertiary/aromatic N) is 2. The fourth-order valence-corrected chi connectivity index (χ4v) is 1.99. The lowest BCUT2D eigenvalue weighted by molar-refractivity contribution is -0.119. The summed E-state index contributed by atoms with van der Waals surface area (Å²) < 4.78 is 1.84. The second-order valence-corrected chi connectivity index (χ2v) is 5.26. The summed E-state index contributed by atoms with van der Waals surface area (Å²) >= 11 is 0. The van der Waals surface area contributed by atoms with Gasteiger partial charge in [-0.15, -0.1) is 0 Å². The molecule has 1 aromatic rings. The van der Waals surface area contributed by atoms with Crippen molar-refractivity contribution in [2.75, 3.05) is 11.9 Å². The van der Waals surface area contributed by atoms with Crippen LogP contribution in [0.4, 0.5) is 5.82 Å². The van der Waals surface area contributed by atoms with Gasteiger partial charge in [0.25, 0.3) is 0 Å². The first-order valence-electron chi connectivity index (χ1n) is 7.62. The number of carbonyl (C=O) groups is 2. The first kappa shape index (κ1) is 17.2. The Kier molecular flexibility index (Phi) is 7.50. The number of amides is 2. The molecule has 2 N–H and O–H groups in total. The van der Waals surface area contributed by atoms with E-state index in [2.05, 4.69) is 29.6 Å². The summed E-state index contributed by atoms with van der Waals surface area (Å²) in [5, 5.41) is 9.89. The highest BCUT2D eigenvalue weighted by Crippen LogP contribution is 2.16. The van der Waals surface area contributed by atoms with Gasteiger partial charge in [-0.3, -0.25) is 9.59 Å². The first-order chi connectivity index (χ1) is 10.0. The topological polar surface area (TPSA) is 76.0 Å². The second-order valence-electron chi connectivity index (χ2n) is 5.26. The van der Waals surface area contributed by atoms with Gasteiger partial charge >= 0.3 is 0 Å². The zero-order chi connectivity index (χ0) is 15.7. The lowest BCUT2D eigenvalue weighted by Gasteiger charge is -2.14. The average molecular weight is 294 g/mol. The number of anilines is 1. The Bertz CT molecular complexity index is 456. The predicted molar refractivity (Wildman–Crippen MR) is 83.0 cm³/mol. The number of aromatic nitrogens is 2. The Balaban J connectivity index is 2.25. The molecule has 0 radical (unpaired) electrons. The molecule has 0 aliphatic carbocycles. The molecule has 1 heterocycles. The summed E-state index contributed by atoms with van der Waals surface area (Å²) in [6, 6.07) is 2.09. The van der Waals surface area contributed by atoms with Crippen LogP contribution in [0.2, 0.25) is 0 Å². The molecule has 1 rings (SSSR count). The van der Waals surface area contributed by atoms with E-state index >= 15 is 0 Å². The molecule has 1 atom stereocenters. The Labute approximate surface area is 126 Å². The van der Waals surface area contributed by atoms with Crippen LogP contribution in [0, 0.1) is 0 Å². The highest BCUT2D eigenvalue weighted by atomic mass is 16.2. The van der Waals surface area contributed by atoms with Gasteiger partial charge in [-0.25, -0.2) is 4.68 Å². The van der Waals surface area contributed by atoms with Gasteiger partial charge in [-0.1, -0.05) is 13.3 Å². The van der Waals surface area contributed by atoms with Gasteiger partial charge in [0, 0.05) is 26.0 Å². The van der Waals surface area contributed by atoms with Crippen molar-refractivity contribution in [2.45, 2.75) is 58.9 Å². The molecule has 1 unspecified atom stereocenters. The maximum Gasteiger partial charge on any atom is 0.225 e. The minimum Gasteiger partial charge on any atom is -0.356 e. The summed E-state index contributed by atoms with van der Waals surface area (Å²) in [4.78, 5) is 22.6. The number of carbonyl (C=O) groups excluding carboxylic acids is 2. The second kappa shape index (κ2) is 9.15. The maximum atomic E-state index is 11.9. The van der Waals surface area contributed by atoms with Crippen molar-refractivity contribution in [3.05, 3.63) is 12.3 Å². The molecule has 1 aromatic heterocycles. The van der Waals surface area contributed by atoms with Crippen molar-refractivity contribution in [3.8, 4) is 0 Å². The molecule has 0 fully saturated rings. The molecular formula is C15H26N4O2. The average Bonchev–Trinajstić information content (AvgIpc) is 2.89. The highest BCUT2D eigenvalue weighted by molar-refractivity contribution is 5.89. The van der Waals surface area contributed by atoms with Crippen molar-refractivity contribution in [2.24, 2.45) is 0 Å². The van der Waals surface area contributed by atoms with Gasteiger partial charge in [-0.2, -0.15) is 5.10 Å².